The number of hydrogen-bond donors (Lipinski definition) is 1. The van der Waals surface area contributed by atoms with Gasteiger partial charge in [-0.1, -0.05) is 30.3 Å². The summed E-state index contributed by atoms with van der Waals surface area (Å²) in [6, 6.07) is 12.0. The molecule has 3 nitrogen and oxygen atoms in total. The van der Waals surface area contributed by atoms with E-state index in [0.717, 1.165) is 32.7 Å². The number of piperazine rings is 1. The monoisotopic (exact) mass is 260 g/mol. The number of rotatable bonds is 3. The maximum absolute atomic E-state index is 5.63. The second-order valence-corrected chi connectivity index (χ2v) is 5.71. The van der Waals surface area contributed by atoms with Crippen LogP contribution in [0.25, 0.3) is 0 Å². The Morgan fingerprint density at radius 1 is 1.26 bits per heavy atom. The van der Waals surface area contributed by atoms with Gasteiger partial charge >= 0.3 is 0 Å². The van der Waals surface area contributed by atoms with Crippen LogP contribution in [0.1, 0.15) is 18.4 Å². The van der Waals surface area contributed by atoms with E-state index in [9.17, 15) is 0 Å². The van der Waals surface area contributed by atoms with Crippen LogP contribution in [0.5, 0.6) is 0 Å². The van der Waals surface area contributed by atoms with Crippen molar-refractivity contribution in [2.75, 3.05) is 32.8 Å². The topological polar surface area (TPSA) is 24.5 Å². The first-order valence-electron chi connectivity index (χ1n) is 7.51. The van der Waals surface area contributed by atoms with Gasteiger partial charge in [-0.3, -0.25) is 4.90 Å². The first-order valence-corrected chi connectivity index (χ1v) is 7.51. The smallest absolute Gasteiger partial charge is 0.0621 e. The van der Waals surface area contributed by atoms with Crippen molar-refractivity contribution in [2.24, 2.45) is 0 Å². The van der Waals surface area contributed by atoms with Crippen molar-refractivity contribution in [3.05, 3.63) is 35.9 Å². The molecule has 19 heavy (non-hydrogen) atoms. The number of nitrogens with zero attached hydrogens (tertiary/aromatic N) is 1. The van der Waals surface area contributed by atoms with Crippen LogP contribution in [0, 0.1) is 0 Å². The molecule has 0 aromatic heterocycles. The van der Waals surface area contributed by atoms with E-state index in [1.807, 2.05) is 0 Å². The van der Waals surface area contributed by atoms with Crippen LogP contribution < -0.4 is 5.32 Å². The Bertz CT molecular complexity index is 376. The molecule has 1 N–H and O–H groups in total. The highest BCUT2D eigenvalue weighted by molar-refractivity contribution is 5.16. The van der Waals surface area contributed by atoms with Gasteiger partial charge < -0.3 is 10.1 Å². The Morgan fingerprint density at radius 2 is 2.16 bits per heavy atom. The number of nitrogens with one attached hydrogen (secondary N) is 1. The van der Waals surface area contributed by atoms with E-state index in [0.29, 0.717) is 12.1 Å². The predicted molar refractivity (Wildman–Crippen MR) is 77.4 cm³/mol. The lowest BCUT2D eigenvalue weighted by molar-refractivity contribution is 0.00735. The van der Waals surface area contributed by atoms with E-state index in [1.54, 1.807) is 0 Å². The molecule has 2 fully saturated rings. The number of hydrogen-bond acceptors (Lipinski definition) is 3. The summed E-state index contributed by atoms with van der Waals surface area (Å²) in [5, 5.41) is 3.65. The fourth-order valence-corrected chi connectivity index (χ4v) is 3.23. The minimum atomic E-state index is 0.582. The Morgan fingerprint density at radius 3 is 2.95 bits per heavy atom. The third kappa shape index (κ3) is 3.56. The van der Waals surface area contributed by atoms with Gasteiger partial charge in [-0.15, -0.1) is 0 Å². The molecule has 0 amide bonds. The van der Waals surface area contributed by atoms with Gasteiger partial charge in [0.25, 0.3) is 0 Å². The molecular weight excluding hydrogens is 236 g/mol. The molecule has 3 rings (SSSR count). The van der Waals surface area contributed by atoms with E-state index in [-0.39, 0.29) is 0 Å². The lowest BCUT2D eigenvalue weighted by Gasteiger charge is -2.40. The van der Waals surface area contributed by atoms with Crippen LogP contribution >= 0.6 is 0 Å². The van der Waals surface area contributed by atoms with Gasteiger partial charge in [-0.25, -0.2) is 0 Å². The van der Waals surface area contributed by atoms with Gasteiger partial charge in [0.2, 0.25) is 0 Å². The first-order chi connectivity index (χ1) is 9.42. The summed E-state index contributed by atoms with van der Waals surface area (Å²) in [5.74, 6) is 0. The normalized spacial score (nSPS) is 29.3. The second-order valence-electron chi connectivity index (χ2n) is 5.71. The summed E-state index contributed by atoms with van der Waals surface area (Å²) in [5.41, 5.74) is 1.43. The third-order valence-electron chi connectivity index (χ3n) is 4.26. The van der Waals surface area contributed by atoms with Gasteiger partial charge in [-0.2, -0.15) is 0 Å². The van der Waals surface area contributed by atoms with Gasteiger partial charge in [0.15, 0.2) is 0 Å². The highest BCUT2D eigenvalue weighted by Gasteiger charge is 2.26. The summed E-state index contributed by atoms with van der Waals surface area (Å²) in [6.45, 7) is 5.31. The Kier molecular flexibility index (Phi) is 4.49. The maximum atomic E-state index is 5.63. The fraction of sp³-hybridized carbons (Fsp3) is 0.625. The van der Waals surface area contributed by atoms with E-state index < -0.39 is 0 Å². The summed E-state index contributed by atoms with van der Waals surface area (Å²) in [6.07, 6.45) is 3.65. The standard InChI is InChI=1S/C16H24N2O/c1-2-5-14(6-3-1)11-15-12-18(9-8-17-15)16-7-4-10-19-13-16/h1-3,5-6,15-17H,4,7-13H2. The summed E-state index contributed by atoms with van der Waals surface area (Å²) < 4.78 is 5.63. The van der Waals surface area contributed by atoms with Crippen LogP contribution in [-0.2, 0) is 11.2 Å². The van der Waals surface area contributed by atoms with E-state index in [4.69, 9.17) is 4.74 Å². The second kappa shape index (κ2) is 6.51. The largest absolute Gasteiger partial charge is 0.380 e. The molecule has 0 radical (unpaired) electrons. The summed E-state index contributed by atoms with van der Waals surface area (Å²) >= 11 is 0. The van der Waals surface area contributed by atoms with E-state index in [1.165, 1.54) is 24.9 Å². The Balaban J connectivity index is 1.55. The van der Waals surface area contributed by atoms with Crippen molar-refractivity contribution in [1.82, 2.24) is 10.2 Å². The minimum Gasteiger partial charge on any atom is -0.380 e. The van der Waals surface area contributed by atoms with Gasteiger partial charge in [0.1, 0.15) is 0 Å². The predicted octanol–water partition coefficient (Wildman–Crippen LogP) is 1.68. The quantitative estimate of drug-likeness (QED) is 0.895. The fourth-order valence-electron chi connectivity index (χ4n) is 3.23. The SMILES string of the molecule is c1ccc(CC2CN(C3CCCOC3)CCN2)cc1. The highest BCUT2D eigenvalue weighted by atomic mass is 16.5. The lowest BCUT2D eigenvalue weighted by Crippen LogP contribution is -2.56. The summed E-state index contributed by atoms with van der Waals surface area (Å²) in [7, 11) is 0. The van der Waals surface area contributed by atoms with Crippen molar-refractivity contribution in [1.29, 1.82) is 0 Å². The Labute approximate surface area is 115 Å². The van der Waals surface area contributed by atoms with E-state index >= 15 is 0 Å². The zero-order valence-corrected chi connectivity index (χ0v) is 11.6. The van der Waals surface area contributed by atoms with Crippen LogP contribution in [0.2, 0.25) is 0 Å². The lowest BCUT2D eigenvalue weighted by atomic mass is 10.0. The molecule has 2 saturated heterocycles. The van der Waals surface area contributed by atoms with Crippen LogP contribution in [-0.4, -0.2) is 49.8 Å². The molecule has 0 spiro atoms. The van der Waals surface area contributed by atoms with Crippen molar-refractivity contribution >= 4 is 0 Å². The molecule has 2 aliphatic heterocycles. The number of benzene rings is 1. The van der Waals surface area contributed by atoms with Gasteiger partial charge in [0, 0.05) is 38.3 Å². The van der Waals surface area contributed by atoms with Gasteiger partial charge in [-0.05, 0) is 24.8 Å². The molecule has 1 aromatic rings. The average Bonchev–Trinajstić information content (AvgIpc) is 2.49. The molecule has 104 valence electrons. The highest BCUT2D eigenvalue weighted by Crippen LogP contribution is 2.16. The van der Waals surface area contributed by atoms with Crippen LogP contribution in [0.3, 0.4) is 0 Å². The molecule has 0 aliphatic carbocycles. The summed E-state index contributed by atoms with van der Waals surface area (Å²) in [4.78, 5) is 2.63. The minimum absolute atomic E-state index is 0.582. The first kappa shape index (κ1) is 13.1. The van der Waals surface area contributed by atoms with E-state index in [2.05, 4.69) is 40.5 Å². The van der Waals surface area contributed by atoms with Crippen molar-refractivity contribution in [3.8, 4) is 0 Å². The van der Waals surface area contributed by atoms with Gasteiger partial charge in [0.05, 0.1) is 6.61 Å². The average molecular weight is 260 g/mol. The molecule has 1 aromatic carbocycles. The third-order valence-corrected chi connectivity index (χ3v) is 4.26. The Hall–Kier alpha value is -0.900. The number of ether oxygens (including phenoxy) is 1. The molecule has 2 atom stereocenters. The van der Waals surface area contributed by atoms with Crippen LogP contribution in [0.15, 0.2) is 30.3 Å². The zero-order valence-electron chi connectivity index (χ0n) is 11.6. The zero-order chi connectivity index (χ0) is 12.9. The van der Waals surface area contributed by atoms with Crippen molar-refractivity contribution < 1.29 is 4.74 Å². The van der Waals surface area contributed by atoms with Crippen molar-refractivity contribution in [2.45, 2.75) is 31.3 Å². The molecule has 2 unspecified atom stereocenters. The molecule has 0 saturated carbocycles. The molecule has 3 heteroatoms. The molecule has 0 bridgehead atoms. The van der Waals surface area contributed by atoms with Crippen LogP contribution in [0.4, 0.5) is 0 Å². The molecular formula is C16H24N2O. The van der Waals surface area contributed by atoms with Crippen molar-refractivity contribution in [3.63, 3.8) is 0 Å². The molecule has 2 aliphatic rings. The maximum Gasteiger partial charge on any atom is 0.0621 e. The molecule has 2 heterocycles.